The summed E-state index contributed by atoms with van der Waals surface area (Å²) in [4.78, 5) is 12.1. The van der Waals surface area contributed by atoms with Crippen LogP contribution in [0.2, 0.25) is 0 Å². The van der Waals surface area contributed by atoms with Gasteiger partial charge in [-0.05, 0) is 42.9 Å². The fourth-order valence-electron chi connectivity index (χ4n) is 3.39. The molecule has 1 amide bonds. The minimum absolute atomic E-state index is 0.00938. The number of unbranched alkanes of at least 4 members (excludes halogenated alkanes) is 2. The lowest BCUT2D eigenvalue weighted by atomic mass is 9.99. The smallest absolute Gasteiger partial charge is 0.220 e. The number of nitrogens with one attached hydrogen (secondary N) is 1. The number of amides is 1. The predicted octanol–water partition coefficient (Wildman–Crippen LogP) is 1.26. The molecule has 9 heteroatoms. The second-order valence-electron chi connectivity index (χ2n) is 8.53. The summed E-state index contributed by atoms with van der Waals surface area (Å²) in [7, 11) is 1.48. The Morgan fingerprint density at radius 3 is 2.58 bits per heavy atom. The Morgan fingerprint density at radius 2 is 1.88 bits per heavy atom. The van der Waals surface area contributed by atoms with Crippen LogP contribution < -0.4 is 14.8 Å². The second-order valence-corrected chi connectivity index (χ2v) is 8.53. The van der Waals surface area contributed by atoms with Crippen molar-refractivity contribution in [3.05, 3.63) is 35.9 Å². The van der Waals surface area contributed by atoms with Crippen LogP contribution in [0, 0.1) is 5.92 Å². The summed E-state index contributed by atoms with van der Waals surface area (Å²) >= 11 is 0. The molecule has 0 saturated carbocycles. The number of ether oxygens (including phenoxy) is 3. The van der Waals surface area contributed by atoms with Crippen molar-refractivity contribution in [2.24, 2.45) is 5.92 Å². The Hall–Kier alpha value is -2.17. The molecular weight excluding hydrogens is 430 g/mol. The van der Waals surface area contributed by atoms with Crippen LogP contribution in [0.3, 0.4) is 0 Å². The molecule has 0 spiro atoms. The molecule has 9 nitrogen and oxygen atoms in total. The average molecular weight is 468 g/mol. The first kappa shape index (κ1) is 27.1. The molecule has 1 aliphatic heterocycles. The van der Waals surface area contributed by atoms with Crippen LogP contribution in [0.5, 0.6) is 11.5 Å². The highest BCUT2D eigenvalue weighted by Crippen LogP contribution is 2.29. The number of hydrogen-bond donors (Lipinski definition) is 5. The molecule has 0 aliphatic carbocycles. The van der Waals surface area contributed by atoms with Crippen LogP contribution >= 0.6 is 0 Å². The van der Waals surface area contributed by atoms with E-state index in [1.807, 2.05) is 0 Å². The van der Waals surface area contributed by atoms with E-state index in [4.69, 9.17) is 14.2 Å². The normalized spacial score (nSPS) is 25.4. The van der Waals surface area contributed by atoms with Crippen LogP contribution in [0.1, 0.15) is 45.1 Å². The van der Waals surface area contributed by atoms with Gasteiger partial charge in [-0.2, -0.15) is 0 Å². The lowest BCUT2D eigenvalue weighted by molar-refractivity contribution is -0.285. The standard InChI is InChI=1S/C24H37NO8/c1-15(2)8-6-4-5-7-9-20(26)25-13-16-10-11-17(18(12-16)31-3)32-14-19-21(27)22(28)23(29)24(30)33-19/h6,8,10-12,15,19,21-24,27-30H,4-5,7,9,13-14H2,1-3H3,(H,25,26)/b8-6+/t19-,21+,22+,23-,24?/m1/s1. The fraction of sp³-hybridized carbons (Fsp3) is 0.625. The van der Waals surface area contributed by atoms with E-state index in [1.165, 1.54) is 7.11 Å². The van der Waals surface area contributed by atoms with E-state index >= 15 is 0 Å². The van der Waals surface area contributed by atoms with Crippen LogP contribution in [-0.4, -0.2) is 70.8 Å². The summed E-state index contributed by atoms with van der Waals surface area (Å²) in [5.41, 5.74) is 0.829. The monoisotopic (exact) mass is 467 g/mol. The highest BCUT2D eigenvalue weighted by atomic mass is 16.6. The fourth-order valence-corrected chi connectivity index (χ4v) is 3.39. The number of aliphatic hydroxyl groups is 4. The van der Waals surface area contributed by atoms with Crippen molar-refractivity contribution in [2.75, 3.05) is 13.7 Å². The molecular formula is C24H37NO8. The number of carbonyl (C=O) groups is 1. The summed E-state index contributed by atoms with van der Waals surface area (Å²) in [6.45, 7) is 4.44. The molecule has 1 saturated heterocycles. The minimum atomic E-state index is -1.62. The van der Waals surface area contributed by atoms with Gasteiger partial charge in [-0.25, -0.2) is 0 Å². The summed E-state index contributed by atoms with van der Waals surface area (Å²) < 4.78 is 16.1. The largest absolute Gasteiger partial charge is 0.493 e. The first-order valence-corrected chi connectivity index (χ1v) is 11.3. The van der Waals surface area contributed by atoms with E-state index in [1.54, 1.807) is 18.2 Å². The van der Waals surface area contributed by atoms with Gasteiger partial charge >= 0.3 is 0 Å². The van der Waals surface area contributed by atoms with Gasteiger partial charge in [-0.15, -0.1) is 0 Å². The Bertz CT molecular complexity index is 769. The number of carbonyl (C=O) groups excluding carboxylic acids is 1. The van der Waals surface area contributed by atoms with Crippen molar-refractivity contribution >= 4 is 5.91 Å². The zero-order chi connectivity index (χ0) is 24.4. The third kappa shape index (κ3) is 8.60. The van der Waals surface area contributed by atoms with E-state index in [0.29, 0.717) is 30.4 Å². The molecule has 0 radical (unpaired) electrons. The predicted molar refractivity (Wildman–Crippen MR) is 122 cm³/mol. The molecule has 1 unspecified atom stereocenters. The molecule has 5 atom stereocenters. The number of benzene rings is 1. The van der Waals surface area contributed by atoms with E-state index < -0.39 is 30.7 Å². The number of hydrogen-bond acceptors (Lipinski definition) is 8. The number of methoxy groups -OCH3 is 1. The number of allylic oxidation sites excluding steroid dienone is 2. The van der Waals surface area contributed by atoms with Gasteiger partial charge in [0, 0.05) is 13.0 Å². The van der Waals surface area contributed by atoms with Crippen LogP contribution in [0.25, 0.3) is 0 Å². The van der Waals surface area contributed by atoms with Gasteiger partial charge in [0.1, 0.15) is 31.0 Å². The highest BCUT2D eigenvalue weighted by molar-refractivity contribution is 5.75. The van der Waals surface area contributed by atoms with Crippen molar-refractivity contribution < 1.29 is 39.4 Å². The van der Waals surface area contributed by atoms with E-state index in [-0.39, 0.29) is 12.5 Å². The lowest BCUT2D eigenvalue weighted by Gasteiger charge is -2.38. The lowest BCUT2D eigenvalue weighted by Crippen LogP contribution is -2.58. The summed E-state index contributed by atoms with van der Waals surface area (Å²) in [6, 6.07) is 5.18. The molecule has 1 fully saturated rings. The van der Waals surface area contributed by atoms with Crippen LogP contribution in [0.15, 0.2) is 30.4 Å². The maximum Gasteiger partial charge on any atom is 0.220 e. The van der Waals surface area contributed by atoms with Gasteiger partial charge in [0.25, 0.3) is 0 Å². The average Bonchev–Trinajstić information content (AvgIpc) is 2.80. The molecule has 1 aromatic rings. The Balaban J connectivity index is 1.80. The van der Waals surface area contributed by atoms with Gasteiger partial charge in [-0.1, -0.05) is 32.1 Å². The first-order valence-electron chi connectivity index (χ1n) is 11.3. The molecule has 1 aliphatic rings. The zero-order valence-corrected chi connectivity index (χ0v) is 19.5. The van der Waals surface area contributed by atoms with Crippen molar-refractivity contribution in [3.63, 3.8) is 0 Å². The SMILES string of the molecule is COc1cc(CNC(=O)CCCC/C=C/C(C)C)ccc1OC[C@H]1OC(O)[C@H](O)[C@@H](O)[C@H]1O. The Labute approximate surface area is 195 Å². The molecule has 1 heterocycles. The Kier molecular flexibility index (Phi) is 11.1. The number of aliphatic hydroxyl groups excluding tert-OH is 4. The first-order chi connectivity index (χ1) is 15.7. The molecule has 33 heavy (non-hydrogen) atoms. The third-order valence-electron chi connectivity index (χ3n) is 5.35. The van der Waals surface area contributed by atoms with E-state index in [2.05, 4.69) is 31.3 Å². The van der Waals surface area contributed by atoms with E-state index in [0.717, 1.165) is 24.8 Å². The minimum Gasteiger partial charge on any atom is -0.493 e. The maximum absolute atomic E-state index is 12.1. The molecule has 2 rings (SSSR count). The van der Waals surface area contributed by atoms with Gasteiger partial charge in [0.15, 0.2) is 17.8 Å². The Morgan fingerprint density at radius 1 is 1.12 bits per heavy atom. The van der Waals surface area contributed by atoms with Crippen molar-refractivity contribution in [2.45, 2.75) is 76.8 Å². The summed E-state index contributed by atoms with van der Waals surface area (Å²) in [5.74, 6) is 1.33. The van der Waals surface area contributed by atoms with Crippen molar-refractivity contribution in [3.8, 4) is 11.5 Å². The maximum atomic E-state index is 12.1. The van der Waals surface area contributed by atoms with Gasteiger partial charge in [-0.3, -0.25) is 4.79 Å². The quantitative estimate of drug-likeness (QED) is 0.229. The van der Waals surface area contributed by atoms with Crippen LogP contribution in [-0.2, 0) is 16.1 Å². The van der Waals surface area contributed by atoms with Crippen LogP contribution in [0.4, 0.5) is 0 Å². The van der Waals surface area contributed by atoms with Gasteiger partial charge in [0.2, 0.25) is 5.91 Å². The molecule has 186 valence electrons. The summed E-state index contributed by atoms with van der Waals surface area (Å²) in [6.07, 6.45) is 0.362. The molecule has 5 N–H and O–H groups in total. The van der Waals surface area contributed by atoms with Crippen molar-refractivity contribution in [1.29, 1.82) is 0 Å². The second kappa shape index (κ2) is 13.5. The van der Waals surface area contributed by atoms with Gasteiger partial charge in [0.05, 0.1) is 7.11 Å². The molecule has 0 bridgehead atoms. The van der Waals surface area contributed by atoms with Gasteiger partial charge < -0.3 is 40.0 Å². The molecule has 0 aromatic heterocycles. The molecule has 1 aromatic carbocycles. The number of rotatable bonds is 12. The zero-order valence-electron chi connectivity index (χ0n) is 19.5. The third-order valence-corrected chi connectivity index (χ3v) is 5.35. The topological polar surface area (TPSA) is 138 Å². The summed E-state index contributed by atoms with van der Waals surface area (Å²) in [5, 5.41) is 41.9. The van der Waals surface area contributed by atoms with Crippen molar-refractivity contribution in [1.82, 2.24) is 5.32 Å². The van der Waals surface area contributed by atoms with E-state index in [9.17, 15) is 25.2 Å². The highest BCUT2D eigenvalue weighted by Gasteiger charge is 2.43.